The first-order valence-corrected chi connectivity index (χ1v) is 7.11. The van der Waals surface area contributed by atoms with Crippen LogP contribution in [0.4, 0.5) is 0 Å². The Morgan fingerprint density at radius 3 is 2.48 bits per heavy atom. The summed E-state index contributed by atoms with van der Waals surface area (Å²) in [6.45, 7) is 2.34. The zero-order valence-corrected chi connectivity index (χ0v) is 12.9. The summed E-state index contributed by atoms with van der Waals surface area (Å²) in [6.07, 6.45) is 0. The Bertz CT molecular complexity index is 654. The van der Waals surface area contributed by atoms with Crippen LogP contribution in [0, 0.1) is 6.92 Å². The number of benzene rings is 1. The molecular weight excluding hydrogens is 338 g/mol. The van der Waals surface area contributed by atoms with E-state index in [1.807, 2.05) is 6.07 Å². The molecule has 1 heterocycles. The van der Waals surface area contributed by atoms with Crippen LogP contribution in [-0.4, -0.2) is 30.1 Å². The maximum Gasteiger partial charge on any atom is 0.273 e. The van der Waals surface area contributed by atoms with Gasteiger partial charge in [0.2, 0.25) is 0 Å². The van der Waals surface area contributed by atoms with Crippen molar-refractivity contribution in [2.45, 2.75) is 6.92 Å². The lowest BCUT2D eigenvalue weighted by molar-refractivity contribution is 0.0922. The molecule has 0 saturated carbocycles. The maximum absolute atomic E-state index is 11.9. The summed E-state index contributed by atoms with van der Waals surface area (Å²) in [4.78, 5) is 23.6. The molecule has 0 unspecified atom stereocenters. The summed E-state index contributed by atoms with van der Waals surface area (Å²) >= 11 is 3.31. The number of aryl methyl sites for hydroxylation is 1. The molecular formula is C14H14BrN3O3. The Balaban J connectivity index is 1.76. The summed E-state index contributed by atoms with van der Waals surface area (Å²) in [5.41, 5.74) is 0.778. The van der Waals surface area contributed by atoms with Gasteiger partial charge in [0.1, 0.15) is 5.76 Å². The summed E-state index contributed by atoms with van der Waals surface area (Å²) in [7, 11) is 0. The van der Waals surface area contributed by atoms with E-state index >= 15 is 0 Å². The molecule has 2 N–H and O–H groups in total. The Kier molecular flexibility index (Phi) is 5.10. The van der Waals surface area contributed by atoms with E-state index in [-0.39, 0.29) is 17.5 Å². The van der Waals surface area contributed by atoms with E-state index < -0.39 is 0 Å². The second-order valence-corrected chi connectivity index (χ2v) is 5.17. The van der Waals surface area contributed by atoms with Crippen LogP contribution in [0.1, 0.15) is 26.6 Å². The van der Waals surface area contributed by atoms with Crippen LogP contribution in [0.2, 0.25) is 0 Å². The van der Waals surface area contributed by atoms with Crippen LogP contribution in [-0.2, 0) is 0 Å². The molecule has 0 spiro atoms. The highest BCUT2D eigenvalue weighted by Crippen LogP contribution is 2.15. The lowest BCUT2D eigenvalue weighted by Gasteiger charge is -2.07. The first-order valence-electron chi connectivity index (χ1n) is 6.32. The molecule has 2 rings (SSSR count). The minimum Gasteiger partial charge on any atom is -0.361 e. The van der Waals surface area contributed by atoms with Gasteiger partial charge in [0.15, 0.2) is 5.69 Å². The largest absolute Gasteiger partial charge is 0.361 e. The van der Waals surface area contributed by atoms with E-state index in [9.17, 15) is 9.59 Å². The van der Waals surface area contributed by atoms with Gasteiger partial charge < -0.3 is 15.2 Å². The molecule has 2 amide bonds. The highest BCUT2D eigenvalue weighted by molar-refractivity contribution is 9.10. The van der Waals surface area contributed by atoms with Crippen molar-refractivity contribution in [3.63, 3.8) is 0 Å². The predicted molar refractivity (Wildman–Crippen MR) is 80.0 cm³/mol. The number of hydrogen-bond donors (Lipinski definition) is 2. The van der Waals surface area contributed by atoms with Gasteiger partial charge in [0.05, 0.1) is 5.56 Å². The average Bonchev–Trinajstić information content (AvgIpc) is 2.90. The lowest BCUT2D eigenvalue weighted by atomic mass is 10.2. The first kappa shape index (κ1) is 15.2. The van der Waals surface area contributed by atoms with Gasteiger partial charge in [-0.05, 0) is 35.0 Å². The van der Waals surface area contributed by atoms with Gasteiger partial charge in [0.25, 0.3) is 11.8 Å². The van der Waals surface area contributed by atoms with E-state index in [0.29, 0.717) is 24.4 Å². The molecule has 0 saturated heterocycles. The van der Waals surface area contributed by atoms with E-state index in [1.54, 1.807) is 31.2 Å². The molecule has 0 aliphatic carbocycles. The van der Waals surface area contributed by atoms with Crippen molar-refractivity contribution < 1.29 is 14.1 Å². The van der Waals surface area contributed by atoms with E-state index in [1.165, 1.54) is 0 Å². The molecule has 0 atom stereocenters. The minimum atomic E-state index is -0.331. The summed E-state index contributed by atoms with van der Waals surface area (Å²) in [6, 6.07) is 8.68. The van der Waals surface area contributed by atoms with Crippen LogP contribution in [0.5, 0.6) is 0 Å². The topological polar surface area (TPSA) is 84.2 Å². The molecule has 1 aromatic carbocycles. The van der Waals surface area contributed by atoms with Gasteiger partial charge in [0, 0.05) is 23.6 Å². The predicted octanol–water partition coefficient (Wildman–Crippen LogP) is 1.91. The molecule has 2 aromatic rings. The monoisotopic (exact) mass is 351 g/mol. The Morgan fingerprint density at radius 1 is 1.19 bits per heavy atom. The number of aromatic nitrogens is 1. The third kappa shape index (κ3) is 4.16. The van der Waals surface area contributed by atoms with Crippen LogP contribution in [0.3, 0.4) is 0 Å². The van der Waals surface area contributed by atoms with Crippen LogP contribution in [0.15, 0.2) is 39.3 Å². The fraction of sp³-hybridized carbons (Fsp3) is 0.214. The second kappa shape index (κ2) is 7.03. The molecule has 0 radical (unpaired) electrons. The fourth-order valence-electron chi connectivity index (χ4n) is 1.66. The number of carbonyl (C=O) groups is 2. The number of carbonyl (C=O) groups excluding carboxylic acids is 2. The van der Waals surface area contributed by atoms with Crippen LogP contribution in [0.25, 0.3) is 0 Å². The Labute approximate surface area is 130 Å². The van der Waals surface area contributed by atoms with Crippen molar-refractivity contribution >= 4 is 27.7 Å². The number of hydrogen-bond acceptors (Lipinski definition) is 4. The zero-order chi connectivity index (χ0) is 15.2. The number of rotatable bonds is 5. The van der Waals surface area contributed by atoms with E-state index in [0.717, 1.165) is 4.47 Å². The third-order valence-electron chi connectivity index (χ3n) is 2.68. The van der Waals surface area contributed by atoms with Gasteiger partial charge in [-0.2, -0.15) is 0 Å². The maximum atomic E-state index is 11.9. The average molecular weight is 352 g/mol. The van der Waals surface area contributed by atoms with E-state index in [4.69, 9.17) is 4.52 Å². The Hall–Kier alpha value is -2.15. The van der Waals surface area contributed by atoms with Crippen molar-refractivity contribution in [3.05, 3.63) is 51.8 Å². The van der Waals surface area contributed by atoms with Gasteiger partial charge in [-0.3, -0.25) is 9.59 Å². The van der Waals surface area contributed by atoms with Crippen molar-refractivity contribution in [3.8, 4) is 0 Å². The van der Waals surface area contributed by atoms with Gasteiger partial charge in [-0.1, -0.05) is 17.3 Å². The van der Waals surface area contributed by atoms with Crippen molar-refractivity contribution in [1.82, 2.24) is 15.8 Å². The Morgan fingerprint density at radius 2 is 1.86 bits per heavy atom. The number of nitrogens with one attached hydrogen (secondary N) is 2. The minimum absolute atomic E-state index is 0.200. The van der Waals surface area contributed by atoms with Crippen LogP contribution >= 0.6 is 15.9 Å². The van der Waals surface area contributed by atoms with Crippen LogP contribution < -0.4 is 10.6 Å². The standard InChI is InChI=1S/C14H14BrN3O3/c1-9-8-12(18-21-9)14(20)17-7-6-16-13(19)10-4-2-3-5-11(10)15/h2-5,8H,6-7H2,1H3,(H,16,19)(H,17,20). The number of nitrogens with zero attached hydrogens (tertiary/aromatic N) is 1. The quantitative estimate of drug-likeness (QED) is 0.805. The molecule has 0 aliphatic rings. The SMILES string of the molecule is Cc1cc(C(=O)NCCNC(=O)c2ccccc2Br)no1. The fourth-order valence-corrected chi connectivity index (χ4v) is 2.12. The number of halogens is 1. The summed E-state index contributed by atoms with van der Waals surface area (Å²) in [5, 5.41) is 8.98. The molecule has 110 valence electrons. The lowest BCUT2D eigenvalue weighted by Crippen LogP contribution is -2.34. The number of amides is 2. The zero-order valence-electron chi connectivity index (χ0n) is 11.4. The summed E-state index contributed by atoms with van der Waals surface area (Å²) < 4.78 is 5.54. The van der Waals surface area contributed by atoms with Crippen molar-refractivity contribution in [1.29, 1.82) is 0 Å². The molecule has 0 fully saturated rings. The first-order chi connectivity index (χ1) is 10.1. The smallest absolute Gasteiger partial charge is 0.273 e. The molecule has 0 bridgehead atoms. The normalized spacial score (nSPS) is 10.2. The molecule has 6 nitrogen and oxygen atoms in total. The highest BCUT2D eigenvalue weighted by Gasteiger charge is 2.11. The second-order valence-electron chi connectivity index (χ2n) is 4.31. The molecule has 1 aromatic heterocycles. The molecule has 0 aliphatic heterocycles. The van der Waals surface area contributed by atoms with Crippen molar-refractivity contribution in [2.75, 3.05) is 13.1 Å². The van der Waals surface area contributed by atoms with Gasteiger partial charge >= 0.3 is 0 Å². The van der Waals surface area contributed by atoms with Gasteiger partial charge in [-0.25, -0.2) is 0 Å². The summed E-state index contributed by atoms with van der Waals surface area (Å²) in [5.74, 6) is 0.0402. The third-order valence-corrected chi connectivity index (χ3v) is 3.37. The highest BCUT2D eigenvalue weighted by atomic mass is 79.9. The van der Waals surface area contributed by atoms with Crippen molar-refractivity contribution in [2.24, 2.45) is 0 Å². The molecule has 21 heavy (non-hydrogen) atoms. The molecule has 7 heteroatoms. The van der Waals surface area contributed by atoms with Gasteiger partial charge in [-0.15, -0.1) is 0 Å². The van der Waals surface area contributed by atoms with E-state index in [2.05, 4.69) is 31.7 Å².